The summed E-state index contributed by atoms with van der Waals surface area (Å²) in [7, 11) is 1.89. The second-order valence-corrected chi connectivity index (χ2v) is 5.11. The normalized spacial score (nSPS) is 11.3. The molecule has 7 heteroatoms. The summed E-state index contributed by atoms with van der Waals surface area (Å²) < 4.78 is 5.35. The van der Waals surface area contributed by atoms with Gasteiger partial charge in [0.05, 0.1) is 11.7 Å². The van der Waals surface area contributed by atoms with Crippen molar-refractivity contribution in [3.8, 4) is 0 Å². The van der Waals surface area contributed by atoms with Crippen molar-refractivity contribution in [2.24, 2.45) is 7.05 Å². The molecule has 22 heavy (non-hydrogen) atoms. The highest BCUT2D eigenvalue weighted by atomic mass is 16.1. The molecule has 0 saturated carbocycles. The summed E-state index contributed by atoms with van der Waals surface area (Å²) in [5.41, 5.74) is 3.35. The lowest BCUT2D eigenvalue weighted by Gasteiger charge is -2.06. The molecule has 0 unspecified atom stereocenters. The van der Waals surface area contributed by atoms with Gasteiger partial charge >= 0.3 is 0 Å². The lowest BCUT2D eigenvalue weighted by atomic mass is 10.2. The van der Waals surface area contributed by atoms with Crippen LogP contribution >= 0.6 is 0 Å². The van der Waals surface area contributed by atoms with Crippen LogP contribution in [0.5, 0.6) is 0 Å². The molecule has 0 bridgehead atoms. The number of carbonyl (C=O) groups excluding carboxylic acids is 1. The summed E-state index contributed by atoms with van der Waals surface area (Å²) in [6.45, 7) is 0.441. The van der Waals surface area contributed by atoms with Crippen LogP contribution in [0.4, 0.5) is 0 Å². The minimum Gasteiger partial charge on any atom is -0.348 e. The maximum atomic E-state index is 12.4. The number of imidazole rings is 1. The van der Waals surface area contributed by atoms with Crippen molar-refractivity contribution in [3.05, 3.63) is 60.3 Å². The molecule has 4 aromatic heterocycles. The summed E-state index contributed by atoms with van der Waals surface area (Å²) >= 11 is 0. The fourth-order valence-corrected chi connectivity index (χ4v) is 2.64. The van der Waals surface area contributed by atoms with E-state index in [4.69, 9.17) is 0 Å². The number of amides is 1. The Hall–Kier alpha value is -3.09. The smallest absolute Gasteiger partial charge is 0.256 e. The van der Waals surface area contributed by atoms with Gasteiger partial charge in [-0.15, -0.1) is 0 Å². The zero-order valence-electron chi connectivity index (χ0n) is 12.0. The molecule has 0 aliphatic rings. The molecule has 4 aromatic rings. The molecule has 4 heterocycles. The Morgan fingerprint density at radius 1 is 1.18 bits per heavy atom. The molecule has 0 aliphatic carbocycles. The molecular weight excluding hydrogens is 280 g/mol. The molecule has 4 rings (SSSR count). The third-order valence-electron chi connectivity index (χ3n) is 3.74. The van der Waals surface area contributed by atoms with E-state index in [1.165, 1.54) is 0 Å². The Labute approximate surface area is 125 Å². The molecule has 1 N–H and O–H groups in total. The van der Waals surface area contributed by atoms with E-state index in [1.807, 2.05) is 48.4 Å². The molecule has 0 fully saturated rings. The summed E-state index contributed by atoms with van der Waals surface area (Å²) in [6, 6.07) is 5.82. The second kappa shape index (κ2) is 4.73. The molecule has 110 valence electrons. The van der Waals surface area contributed by atoms with Crippen LogP contribution < -0.4 is 5.32 Å². The van der Waals surface area contributed by atoms with Crippen molar-refractivity contribution in [3.63, 3.8) is 0 Å². The number of pyridine rings is 1. The van der Waals surface area contributed by atoms with Gasteiger partial charge in [-0.05, 0) is 17.7 Å². The lowest BCUT2D eigenvalue weighted by Crippen LogP contribution is -2.23. The largest absolute Gasteiger partial charge is 0.348 e. The predicted molar refractivity (Wildman–Crippen MR) is 80.5 cm³/mol. The minimum absolute atomic E-state index is 0.140. The van der Waals surface area contributed by atoms with E-state index in [1.54, 1.807) is 21.4 Å². The van der Waals surface area contributed by atoms with Gasteiger partial charge in [0, 0.05) is 38.4 Å². The van der Waals surface area contributed by atoms with Crippen molar-refractivity contribution < 1.29 is 4.79 Å². The number of carbonyl (C=O) groups is 1. The van der Waals surface area contributed by atoms with Crippen molar-refractivity contribution in [1.29, 1.82) is 0 Å². The molecule has 0 radical (unpaired) electrons. The summed E-state index contributed by atoms with van der Waals surface area (Å²) in [5, 5.41) is 11.3. The van der Waals surface area contributed by atoms with Gasteiger partial charge in [-0.25, -0.2) is 9.03 Å². The van der Waals surface area contributed by atoms with Crippen molar-refractivity contribution in [2.45, 2.75) is 6.54 Å². The van der Waals surface area contributed by atoms with Crippen LogP contribution in [0.25, 0.3) is 11.2 Å². The van der Waals surface area contributed by atoms with Crippen LogP contribution in [-0.4, -0.2) is 29.7 Å². The van der Waals surface area contributed by atoms with Gasteiger partial charge in [0.1, 0.15) is 11.2 Å². The Kier molecular flexibility index (Phi) is 2.72. The number of aromatic nitrogens is 5. The Morgan fingerprint density at radius 3 is 3.00 bits per heavy atom. The Morgan fingerprint density at radius 2 is 2.09 bits per heavy atom. The Bertz CT molecular complexity index is 976. The predicted octanol–water partition coefficient (Wildman–Crippen LogP) is 1.25. The number of hydrogen-bond acceptors (Lipinski definition) is 3. The molecule has 1 amide bonds. The number of fused-ring (bicyclic) bond motifs is 2. The van der Waals surface area contributed by atoms with E-state index < -0.39 is 0 Å². The number of rotatable bonds is 3. The van der Waals surface area contributed by atoms with Crippen LogP contribution in [0.15, 0.2) is 49.2 Å². The highest BCUT2D eigenvalue weighted by Gasteiger charge is 2.15. The topological polar surface area (TPSA) is 68.6 Å². The van der Waals surface area contributed by atoms with Crippen LogP contribution in [0, 0.1) is 0 Å². The first-order chi connectivity index (χ1) is 10.7. The maximum absolute atomic E-state index is 12.4. The Balaban J connectivity index is 1.60. The highest BCUT2D eigenvalue weighted by molar-refractivity contribution is 5.99. The number of hydrogen-bond donors (Lipinski definition) is 1. The highest BCUT2D eigenvalue weighted by Crippen LogP contribution is 2.12. The van der Waals surface area contributed by atoms with Crippen LogP contribution in [0.2, 0.25) is 0 Å². The number of nitrogens with zero attached hydrogens (tertiary/aromatic N) is 5. The van der Waals surface area contributed by atoms with E-state index in [-0.39, 0.29) is 5.91 Å². The first kappa shape index (κ1) is 12.6. The first-order valence-electron chi connectivity index (χ1n) is 6.92. The third kappa shape index (κ3) is 1.86. The minimum atomic E-state index is -0.140. The van der Waals surface area contributed by atoms with E-state index in [0.29, 0.717) is 12.1 Å². The van der Waals surface area contributed by atoms with Gasteiger partial charge in [0.2, 0.25) is 0 Å². The van der Waals surface area contributed by atoms with Crippen molar-refractivity contribution in [1.82, 2.24) is 29.1 Å². The van der Waals surface area contributed by atoms with Crippen LogP contribution in [0.1, 0.15) is 15.9 Å². The molecule has 0 spiro atoms. The average molecular weight is 294 g/mol. The summed E-state index contributed by atoms with van der Waals surface area (Å²) in [5.74, 6) is -0.140. The van der Waals surface area contributed by atoms with Crippen molar-refractivity contribution in [2.75, 3.05) is 0 Å². The molecule has 0 aromatic carbocycles. The van der Waals surface area contributed by atoms with Crippen LogP contribution in [0.3, 0.4) is 0 Å². The van der Waals surface area contributed by atoms with E-state index in [2.05, 4.69) is 15.5 Å². The van der Waals surface area contributed by atoms with Gasteiger partial charge in [-0.1, -0.05) is 6.07 Å². The van der Waals surface area contributed by atoms with Gasteiger partial charge in [0.15, 0.2) is 0 Å². The summed E-state index contributed by atoms with van der Waals surface area (Å²) in [6.07, 6.45) is 8.90. The number of aryl methyl sites for hydroxylation is 1. The zero-order chi connectivity index (χ0) is 15.1. The quantitative estimate of drug-likeness (QED) is 0.618. The SMILES string of the molecule is Cn1ccn2ncc(C(=O)NCc3cccn4nccc34)c12. The van der Waals surface area contributed by atoms with Gasteiger partial charge in [0.25, 0.3) is 5.91 Å². The first-order valence-corrected chi connectivity index (χ1v) is 6.92. The van der Waals surface area contributed by atoms with Crippen molar-refractivity contribution >= 4 is 17.1 Å². The van der Waals surface area contributed by atoms with Crippen LogP contribution in [-0.2, 0) is 13.6 Å². The van der Waals surface area contributed by atoms with Gasteiger partial charge in [-0.2, -0.15) is 10.2 Å². The standard InChI is InChI=1S/C15H14N6O/c1-19-7-8-21-15(19)12(10-18-21)14(22)16-9-11-3-2-6-20-13(11)4-5-17-20/h2-8,10H,9H2,1H3,(H,16,22). The fourth-order valence-electron chi connectivity index (χ4n) is 2.64. The lowest BCUT2D eigenvalue weighted by molar-refractivity contribution is 0.0952. The van der Waals surface area contributed by atoms with E-state index in [0.717, 1.165) is 16.7 Å². The van der Waals surface area contributed by atoms with E-state index >= 15 is 0 Å². The molecular formula is C15H14N6O. The monoisotopic (exact) mass is 294 g/mol. The van der Waals surface area contributed by atoms with Gasteiger partial charge in [-0.3, -0.25) is 4.79 Å². The number of nitrogens with one attached hydrogen (secondary N) is 1. The molecule has 7 nitrogen and oxygen atoms in total. The molecule has 0 atom stereocenters. The maximum Gasteiger partial charge on any atom is 0.256 e. The second-order valence-electron chi connectivity index (χ2n) is 5.11. The molecule has 0 aliphatic heterocycles. The van der Waals surface area contributed by atoms with E-state index in [9.17, 15) is 4.79 Å². The third-order valence-corrected chi connectivity index (χ3v) is 3.74. The zero-order valence-corrected chi connectivity index (χ0v) is 12.0. The van der Waals surface area contributed by atoms with Gasteiger partial charge < -0.3 is 9.88 Å². The fraction of sp³-hybridized carbons (Fsp3) is 0.133. The molecule has 0 saturated heterocycles. The summed E-state index contributed by atoms with van der Waals surface area (Å²) in [4.78, 5) is 12.4. The average Bonchev–Trinajstić information content (AvgIpc) is 3.22.